The van der Waals surface area contributed by atoms with Crippen molar-refractivity contribution in [2.75, 3.05) is 6.61 Å². The molecule has 18 heavy (non-hydrogen) atoms. The summed E-state index contributed by atoms with van der Waals surface area (Å²) >= 11 is 3.18. The van der Waals surface area contributed by atoms with Gasteiger partial charge in [0, 0.05) is 23.7 Å². The monoisotopic (exact) mass is 318 g/mol. The highest BCUT2D eigenvalue weighted by Crippen LogP contribution is 2.14. The van der Waals surface area contributed by atoms with Crippen LogP contribution in [0.4, 0.5) is 9.18 Å². The van der Waals surface area contributed by atoms with Gasteiger partial charge in [0.25, 0.3) is 0 Å². The van der Waals surface area contributed by atoms with Crippen molar-refractivity contribution in [3.05, 3.63) is 34.1 Å². The van der Waals surface area contributed by atoms with Crippen LogP contribution in [0.2, 0.25) is 0 Å². The minimum Gasteiger partial charge on any atom is -0.396 e. The van der Waals surface area contributed by atoms with E-state index in [1.807, 2.05) is 0 Å². The number of carbonyl (C=O) groups excluding carboxylic acids is 1. The standard InChI is InChI=1S/C12H16BrFN2O2/c1-8(2-3-17)16-12(18)15-7-9-4-10(13)6-11(14)5-9/h4-6,8,17H,2-3,7H2,1H3,(H2,15,16,18)/t8-/m1/s1. The van der Waals surface area contributed by atoms with Gasteiger partial charge in [-0.05, 0) is 37.1 Å². The number of hydrogen-bond acceptors (Lipinski definition) is 2. The lowest BCUT2D eigenvalue weighted by molar-refractivity contribution is 0.230. The summed E-state index contributed by atoms with van der Waals surface area (Å²) in [5.74, 6) is -0.352. The number of urea groups is 1. The summed E-state index contributed by atoms with van der Waals surface area (Å²) in [4.78, 5) is 11.5. The summed E-state index contributed by atoms with van der Waals surface area (Å²) in [7, 11) is 0. The van der Waals surface area contributed by atoms with E-state index < -0.39 is 0 Å². The number of carbonyl (C=O) groups is 1. The van der Waals surface area contributed by atoms with Crippen molar-refractivity contribution in [2.45, 2.75) is 25.9 Å². The molecule has 3 N–H and O–H groups in total. The molecule has 0 fully saturated rings. The molecule has 0 saturated heterocycles. The Morgan fingerprint density at radius 1 is 1.50 bits per heavy atom. The number of aliphatic hydroxyl groups excluding tert-OH is 1. The lowest BCUT2D eigenvalue weighted by atomic mass is 10.2. The second kappa shape index (κ2) is 7.33. The zero-order valence-electron chi connectivity index (χ0n) is 10.0. The lowest BCUT2D eigenvalue weighted by Gasteiger charge is -2.13. The summed E-state index contributed by atoms with van der Waals surface area (Å²) in [5, 5.41) is 14.0. The van der Waals surface area contributed by atoms with Gasteiger partial charge in [-0.2, -0.15) is 0 Å². The SMILES string of the molecule is C[C@H](CCO)NC(=O)NCc1cc(F)cc(Br)c1. The van der Waals surface area contributed by atoms with Crippen LogP contribution in [0.25, 0.3) is 0 Å². The maximum absolute atomic E-state index is 13.1. The van der Waals surface area contributed by atoms with Gasteiger partial charge in [-0.15, -0.1) is 0 Å². The molecule has 4 nitrogen and oxygen atoms in total. The molecule has 0 heterocycles. The Hall–Kier alpha value is -1.14. The first-order chi connectivity index (χ1) is 8.51. The highest BCUT2D eigenvalue weighted by molar-refractivity contribution is 9.10. The molecule has 0 unspecified atom stereocenters. The molecule has 0 bridgehead atoms. The van der Waals surface area contributed by atoms with Crippen molar-refractivity contribution < 1.29 is 14.3 Å². The number of benzene rings is 1. The van der Waals surface area contributed by atoms with Gasteiger partial charge in [0.2, 0.25) is 0 Å². The van der Waals surface area contributed by atoms with Gasteiger partial charge in [-0.1, -0.05) is 15.9 Å². The number of aliphatic hydroxyl groups is 1. The highest BCUT2D eigenvalue weighted by atomic mass is 79.9. The quantitative estimate of drug-likeness (QED) is 0.779. The Balaban J connectivity index is 2.42. The Morgan fingerprint density at radius 2 is 2.22 bits per heavy atom. The van der Waals surface area contributed by atoms with Gasteiger partial charge in [-0.3, -0.25) is 0 Å². The van der Waals surface area contributed by atoms with Crippen LogP contribution in [0.5, 0.6) is 0 Å². The molecule has 1 aromatic carbocycles. The first-order valence-corrected chi connectivity index (χ1v) is 6.40. The molecular formula is C12H16BrFN2O2. The van der Waals surface area contributed by atoms with Crippen LogP contribution >= 0.6 is 15.9 Å². The number of rotatable bonds is 5. The third kappa shape index (κ3) is 5.46. The van der Waals surface area contributed by atoms with Gasteiger partial charge < -0.3 is 15.7 Å². The Kier molecular flexibility index (Phi) is 6.07. The van der Waals surface area contributed by atoms with Crippen molar-refractivity contribution in [2.24, 2.45) is 0 Å². The summed E-state index contributed by atoms with van der Waals surface area (Å²) in [6.07, 6.45) is 0.499. The van der Waals surface area contributed by atoms with Crippen molar-refractivity contribution >= 4 is 22.0 Å². The van der Waals surface area contributed by atoms with E-state index in [0.717, 1.165) is 0 Å². The molecule has 0 aromatic heterocycles. The van der Waals surface area contributed by atoms with Gasteiger partial charge in [0.1, 0.15) is 5.82 Å². The maximum Gasteiger partial charge on any atom is 0.315 e. The fourth-order valence-electron chi connectivity index (χ4n) is 1.44. The smallest absolute Gasteiger partial charge is 0.315 e. The molecule has 1 rings (SSSR count). The molecule has 0 saturated carbocycles. The molecule has 1 aromatic rings. The fourth-order valence-corrected chi connectivity index (χ4v) is 1.95. The summed E-state index contributed by atoms with van der Waals surface area (Å²) in [5.41, 5.74) is 0.673. The summed E-state index contributed by atoms with van der Waals surface area (Å²) in [6.45, 7) is 2.07. The van der Waals surface area contributed by atoms with Crippen molar-refractivity contribution in [3.8, 4) is 0 Å². The van der Waals surface area contributed by atoms with Gasteiger partial charge in [0.05, 0.1) is 0 Å². The van der Waals surface area contributed by atoms with Crippen LogP contribution in [0.1, 0.15) is 18.9 Å². The van der Waals surface area contributed by atoms with Crippen molar-refractivity contribution in [1.29, 1.82) is 0 Å². The Labute approximate surface area is 114 Å². The zero-order valence-corrected chi connectivity index (χ0v) is 11.6. The fraction of sp³-hybridized carbons (Fsp3) is 0.417. The molecule has 0 aliphatic heterocycles. The molecule has 6 heteroatoms. The molecule has 0 radical (unpaired) electrons. The number of nitrogens with one attached hydrogen (secondary N) is 2. The maximum atomic E-state index is 13.1. The van der Waals surface area contributed by atoms with E-state index >= 15 is 0 Å². The van der Waals surface area contributed by atoms with Crippen LogP contribution < -0.4 is 10.6 Å². The first-order valence-electron chi connectivity index (χ1n) is 5.61. The van der Waals surface area contributed by atoms with Gasteiger partial charge in [0.15, 0.2) is 0 Å². The number of halogens is 2. The minimum absolute atomic E-state index is 0.0261. The van der Waals surface area contributed by atoms with E-state index in [9.17, 15) is 9.18 Å². The Bertz CT molecular complexity index is 395. The number of amides is 2. The topological polar surface area (TPSA) is 61.4 Å². The minimum atomic E-state index is -0.352. The van der Waals surface area contributed by atoms with Crippen LogP contribution in [0.15, 0.2) is 22.7 Å². The molecule has 0 spiro atoms. The average molecular weight is 319 g/mol. The van der Waals surface area contributed by atoms with Crippen molar-refractivity contribution in [1.82, 2.24) is 10.6 Å². The van der Waals surface area contributed by atoms with Crippen molar-refractivity contribution in [3.63, 3.8) is 0 Å². The molecule has 0 aliphatic rings. The van der Waals surface area contributed by atoms with Crippen LogP contribution in [0, 0.1) is 5.82 Å². The first kappa shape index (κ1) is 14.9. The van der Waals surface area contributed by atoms with E-state index in [4.69, 9.17) is 5.11 Å². The van der Waals surface area contributed by atoms with Crippen LogP contribution in [-0.2, 0) is 6.54 Å². The predicted octanol–water partition coefficient (Wildman–Crippen LogP) is 2.16. The molecule has 0 aliphatic carbocycles. The highest BCUT2D eigenvalue weighted by Gasteiger charge is 2.06. The lowest BCUT2D eigenvalue weighted by Crippen LogP contribution is -2.40. The van der Waals surface area contributed by atoms with E-state index in [2.05, 4.69) is 26.6 Å². The average Bonchev–Trinajstić information content (AvgIpc) is 2.25. The summed E-state index contributed by atoms with van der Waals surface area (Å²) in [6, 6.07) is 4.01. The van der Waals surface area contributed by atoms with E-state index in [1.165, 1.54) is 12.1 Å². The number of hydrogen-bond donors (Lipinski definition) is 3. The third-order valence-electron chi connectivity index (χ3n) is 2.32. The molecule has 2 amide bonds. The van der Waals surface area contributed by atoms with E-state index in [0.29, 0.717) is 16.5 Å². The molecular weight excluding hydrogens is 303 g/mol. The normalized spacial score (nSPS) is 12.0. The molecule has 100 valence electrons. The predicted molar refractivity (Wildman–Crippen MR) is 70.6 cm³/mol. The Morgan fingerprint density at radius 3 is 2.83 bits per heavy atom. The van der Waals surface area contributed by atoms with E-state index in [1.54, 1.807) is 13.0 Å². The van der Waals surface area contributed by atoms with Gasteiger partial charge in [-0.25, -0.2) is 9.18 Å². The summed E-state index contributed by atoms with van der Waals surface area (Å²) < 4.78 is 13.7. The largest absolute Gasteiger partial charge is 0.396 e. The van der Waals surface area contributed by atoms with Crippen LogP contribution in [-0.4, -0.2) is 23.8 Å². The van der Waals surface area contributed by atoms with E-state index in [-0.39, 0.29) is 31.0 Å². The second-order valence-electron chi connectivity index (χ2n) is 4.02. The zero-order chi connectivity index (χ0) is 13.5. The molecule has 1 atom stereocenters. The van der Waals surface area contributed by atoms with Gasteiger partial charge >= 0.3 is 6.03 Å². The van der Waals surface area contributed by atoms with Crippen LogP contribution in [0.3, 0.4) is 0 Å². The second-order valence-corrected chi connectivity index (χ2v) is 4.93. The third-order valence-corrected chi connectivity index (χ3v) is 2.77.